The third kappa shape index (κ3) is 2.83. The van der Waals surface area contributed by atoms with Crippen LogP contribution >= 0.6 is 23.4 Å². The maximum absolute atomic E-state index is 12.5. The molecule has 0 N–H and O–H groups in total. The van der Waals surface area contributed by atoms with E-state index in [2.05, 4.69) is 12.1 Å². The lowest BCUT2D eigenvalue weighted by molar-refractivity contribution is -0.131. The zero-order valence-corrected chi connectivity index (χ0v) is 12.3. The summed E-state index contributed by atoms with van der Waals surface area (Å²) in [4.78, 5) is 15.6. The predicted octanol–water partition coefficient (Wildman–Crippen LogP) is 3.18. The van der Waals surface area contributed by atoms with Gasteiger partial charge in [0, 0.05) is 23.4 Å². The topological polar surface area (TPSA) is 20.3 Å². The minimum absolute atomic E-state index is 0.0213. The van der Waals surface area contributed by atoms with Gasteiger partial charge < -0.3 is 4.90 Å². The first kappa shape index (κ1) is 13.8. The van der Waals surface area contributed by atoms with Crippen molar-refractivity contribution in [2.24, 2.45) is 0 Å². The second-order valence-electron chi connectivity index (χ2n) is 4.73. The van der Waals surface area contributed by atoms with Crippen LogP contribution in [-0.2, 0) is 11.2 Å². The van der Waals surface area contributed by atoms with Crippen molar-refractivity contribution in [1.29, 1.82) is 0 Å². The molecule has 0 bridgehead atoms. The van der Waals surface area contributed by atoms with Crippen molar-refractivity contribution < 1.29 is 4.79 Å². The number of carbonyl (C=O) groups is 1. The van der Waals surface area contributed by atoms with Gasteiger partial charge in [-0.25, -0.2) is 0 Å². The van der Waals surface area contributed by atoms with Crippen LogP contribution in [0.15, 0.2) is 29.2 Å². The fraction of sp³-hybridized carbons (Fsp3) is 0.500. The Morgan fingerprint density at radius 1 is 1.50 bits per heavy atom. The van der Waals surface area contributed by atoms with Crippen LogP contribution in [0, 0.1) is 0 Å². The smallest absolute Gasteiger partial charge is 0.236 e. The molecule has 1 atom stereocenters. The van der Waals surface area contributed by atoms with E-state index in [0.29, 0.717) is 12.4 Å². The summed E-state index contributed by atoms with van der Waals surface area (Å²) in [5.41, 5.74) is 1.29. The summed E-state index contributed by atoms with van der Waals surface area (Å²) >= 11 is 7.46. The second kappa shape index (κ2) is 5.98. The maximum atomic E-state index is 12.5. The van der Waals surface area contributed by atoms with Crippen molar-refractivity contribution in [3.05, 3.63) is 29.8 Å². The molecule has 0 fully saturated rings. The predicted molar refractivity (Wildman–Crippen MR) is 77.4 cm³/mol. The van der Waals surface area contributed by atoms with Crippen molar-refractivity contribution in [3.63, 3.8) is 0 Å². The average molecular weight is 284 g/mol. The van der Waals surface area contributed by atoms with Gasteiger partial charge in [-0.2, -0.15) is 0 Å². The lowest BCUT2D eigenvalue weighted by Gasteiger charge is -2.28. The first-order chi connectivity index (χ1) is 8.63. The highest BCUT2D eigenvalue weighted by molar-refractivity contribution is 8.01. The fourth-order valence-corrected chi connectivity index (χ4v) is 3.67. The van der Waals surface area contributed by atoms with Gasteiger partial charge in [0.2, 0.25) is 5.91 Å². The number of hydrogen-bond donors (Lipinski definition) is 0. The molecule has 1 aromatic rings. The number of fused-ring (bicyclic) bond motifs is 1. The van der Waals surface area contributed by atoms with Gasteiger partial charge in [0.1, 0.15) is 0 Å². The number of hydrogen-bond acceptors (Lipinski definition) is 2. The quantitative estimate of drug-likeness (QED) is 0.791. The van der Waals surface area contributed by atoms with Gasteiger partial charge in [0.05, 0.1) is 5.25 Å². The number of thioether (sulfide) groups is 1. The number of benzene rings is 1. The molecule has 0 saturated heterocycles. The van der Waals surface area contributed by atoms with E-state index in [1.807, 2.05) is 30.9 Å². The van der Waals surface area contributed by atoms with Crippen LogP contribution in [0.25, 0.3) is 0 Å². The van der Waals surface area contributed by atoms with E-state index in [-0.39, 0.29) is 17.2 Å². The Morgan fingerprint density at radius 3 is 2.83 bits per heavy atom. The van der Waals surface area contributed by atoms with Crippen LogP contribution in [0.5, 0.6) is 0 Å². The molecule has 18 heavy (non-hydrogen) atoms. The zero-order chi connectivity index (χ0) is 13.1. The Hall–Kier alpha value is -0.670. The Morgan fingerprint density at radius 2 is 2.22 bits per heavy atom. The minimum atomic E-state index is 0.0213. The SMILES string of the molecule is CC(C)N(CCCl)C(=O)C1Cc2ccccc2S1. The summed E-state index contributed by atoms with van der Waals surface area (Å²) in [5, 5.41) is 0.0213. The highest BCUT2D eigenvalue weighted by Gasteiger charge is 2.31. The highest BCUT2D eigenvalue weighted by Crippen LogP contribution is 2.37. The molecular formula is C14H18ClNOS. The Bertz CT molecular complexity index is 411. The number of carbonyl (C=O) groups excluding carboxylic acids is 1. The van der Waals surface area contributed by atoms with E-state index in [4.69, 9.17) is 11.6 Å². The Kier molecular flexibility index (Phi) is 4.57. The molecule has 0 spiro atoms. The van der Waals surface area contributed by atoms with Crippen LogP contribution < -0.4 is 0 Å². The van der Waals surface area contributed by atoms with Gasteiger partial charge in [-0.3, -0.25) is 4.79 Å². The summed E-state index contributed by atoms with van der Waals surface area (Å²) in [6.07, 6.45) is 0.838. The van der Waals surface area contributed by atoms with Crippen LogP contribution in [-0.4, -0.2) is 34.5 Å². The standard InChI is InChI=1S/C14H18ClNOS/c1-10(2)16(8-7-15)14(17)13-9-11-5-3-4-6-12(11)18-13/h3-6,10,13H,7-9H2,1-2H3. The summed E-state index contributed by atoms with van der Waals surface area (Å²) in [6.45, 7) is 4.71. The minimum Gasteiger partial charge on any atom is -0.338 e. The molecule has 0 aliphatic carbocycles. The van der Waals surface area contributed by atoms with E-state index in [1.165, 1.54) is 10.5 Å². The molecule has 1 aromatic carbocycles. The number of alkyl halides is 1. The summed E-state index contributed by atoms with van der Waals surface area (Å²) in [6, 6.07) is 8.47. The molecule has 1 aliphatic heterocycles. The van der Waals surface area contributed by atoms with Gasteiger partial charge >= 0.3 is 0 Å². The molecule has 1 unspecified atom stereocenters. The maximum Gasteiger partial charge on any atom is 0.236 e. The van der Waals surface area contributed by atoms with E-state index < -0.39 is 0 Å². The van der Waals surface area contributed by atoms with E-state index >= 15 is 0 Å². The van der Waals surface area contributed by atoms with Gasteiger partial charge in [-0.1, -0.05) is 18.2 Å². The molecule has 1 heterocycles. The van der Waals surface area contributed by atoms with E-state index in [1.54, 1.807) is 11.8 Å². The van der Waals surface area contributed by atoms with Crippen LogP contribution in [0.2, 0.25) is 0 Å². The van der Waals surface area contributed by atoms with Crippen molar-refractivity contribution >= 4 is 29.3 Å². The zero-order valence-electron chi connectivity index (χ0n) is 10.7. The average Bonchev–Trinajstić information content (AvgIpc) is 2.78. The van der Waals surface area contributed by atoms with Gasteiger partial charge in [0.15, 0.2) is 0 Å². The molecule has 0 saturated carbocycles. The number of nitrogens with zero attached hydrogens (tertiary/aromatic N) is 1. The normalized spacial score (nSPS) is 17.9. The second-order valence-corrected chi connectivity index (χ2v) is 6.36. The first-order valence-corrected chi connectivity index (χ1v) is 7.66. The van der Waals surface area contributed by atoms with Crippen LogP contribution in [0.4, 0.5) is 0 Å². The van der Waals surface area contributed by atoms with Crippen molar-refractivity contribution in [3.8, 4) is 0 Å². The third-order valence-electron chi connectivity index (χ3n) is 3.15. The molecule has 98 valence electrons. The van der Waals surface area contributed by atoms with Crippen LogP contribution in [0.3, 0.4) is 0 Å². The lowest BCUT2D eigenvalue weighted by Crippen LogP contribution is -2.43. The largest absolute Gasteiger partial charge is 0.338 e. The molecule has 0 radical (unpaired) electrons. The Balaban J connectivity index is 2.08. The molecule has 2 rings (SSSR count). The summed E-state index contributed by atoms with van der Waals surface area (Å²) < 4.78 is 0. The molecular weight excluding hydrogens is 266 g/mol. The monoisotopic (exact) mass is 283 g/mol. The third-order valence-corrected chi connectivity index (χ3v) is 4.63. The van der Waals surface area contributed by atoms with Crippen molar-refractivity contribution in [2.45, 2.75) is 36.5 Å². The first-order valence-electron chi connectivity index (χ1n) is 6.24. The van der Waals surface area contributed by atoms with Gasteiger partial charge in [-0.05, 0) is 31.9 Å². The van der Waals surface area contributed by atoms with E-state index in [0.717, 1.165) is 6.42 Å². The fourth-order valence-electron chi connectivity index (χ4n) is 2.22. The molecule has 1 amide bonds. The molecule has 0 aromatic heterocycles. The van der Waals surface area contributed by atoms with Gasteiger partial charge in [-0.15, -0.1) is 23.4 Å². The van der Waals surface area contributed by atoms with Crippen molar-refractivity contribution in [1.82, 2.24) is 4.90 Å². The number of halogens is 1. The molecule has 1 aliphatic rings. The highest BCUT2D eigenvalue weighted by atomic mass is 35.5. The number of rotatable bonds is 4. The van der Waals surface area contributed by atoms with Gasteiger partial charge in [0.25, 0.3) is 0 Å². The lowest BCUT2D eigenvalue weighted by atomic mass is 10.1. The molecule has 4 heteroatoms. The summed E-state index contributed by atoms with van der Waals surface area (Å²) in [5.74, 6) is 0.709. The number of amides is 1. The molecule has 2 nitrogen and oxygen atoms in total. The van der Waals surface area contributed by atoms with Crippen molar-refractivity contribution in [2.75, 3.05) is 12.4 Å². The Labute approximate surface area is 118 Å². The van der Waals surface area contributed by atoms with Crippen LogP contribution in [0.1, 0.15) is 19.4 Å². The van der Waals surface area contributed by atoms with E-state index in [9.17, 15) is 4.79 Å². The summed E-state index contributed by atoms with van der Waals surface area (Å²) in [7, 11) is 0.